The van der Waals surface area contributed by atoms with Gasteiger partial charge in [-0.1, -0.05) is 6.07 Å². The van der Waals surface area contributed by atoms with E-state index in [0.717, 1.165) is 11.3 Å². The van der Waals surface area contributed by atoms with Crippen LogP contribution in [0.5, 0.6) is 5.75 Å². The lowest BCUT2D eigenvalue weighted by atomic mass is 10.2. The lowest BCUT2D eigenvalue weighted by molar-refractivity contribution is 0.414. The van der Waals surface area contributed by atoms with Gasteiger partial charge in [0, 0.05) is 18.3 Å². The molecule has 4 nitrogen and oxygen atoms in total. The molecule has 0 saturated heterocycles. The van der Waals surface area contributed by atoms with E-state index >= 15 is 0 Å². The van der Waals surface area contributed by atoms with Crippen molar-refractivity contribution in [2.24, 2.45) is 0 Å². The lowest BCUT2D eigenvalue weighted by Gasteiger charge is -2.08. The van der Waals surface area contributed by atoms with E-state index in [-0.39, 0.29) is 5.56 Å². The summed E-state index contributed by atoms with van der Waals surface area (Å²) in [4.78, 5) is 11.6. The van der Waals surface area contributed by atoms with Crippen molar-refractivity contribution in [2.45, 2.75) is 6.92 Å². The Morgan fingerprint density at radius 1 is 1.31 bits per heavy atom. The first-order valence-electron chi connectivity index (χ1n) is 4.92. The Morgan fingerprint density at radius 2 is 2.12 bits per heavy atom. The van der Waals surface area contributed by atoms with Crippen LogP contribution in [0.3, 0.4) is 0 Å². The second-order valence-electron chi connectivity index (χ2n) is 3.43. The highest BCUT2D eigenvalue weighted by Gasteiger charge is 2.05. The number of nitrogens with zero attached hydrogens (tertiary/aromatic N) is 2. The Hall–Kier alpha value is -2.10. The smallest absolute Gasteiger partial charge is 0.271 e. The van der Waals surface area contributed by atoms with Gasteiger partial charge >= 0.3 is 0 Å². The molecule has 2 aromatic rings. The zero-order valence-corrected chi connectivity index (χ0v) is 9.18. The van der Waals surface area contributed by atoms with Crippen molar-refractivity contribution in [3.63, 3.8) is 0 Å². The van der Waals surface area contributed by atoms with Crippen LogP contribution in [0.1, 0.15) is 5.56 Å². The Morgan fingerprint density at radius 3 is 2.81 bits per heavy atom. The molecule has 1 aromatic heterocycles. The third-order valence-corrected chi connectivity index (χ3v) is 2.36. The van der Waals surface area contributed by atoms with Gasteiger partial charge in [-0.3, -0.25) is 4.79 Å². The molecule has 4 heteroatoms. The summed E-state index contributed by atoms with van der Waals surface area (Å²) in [5.41, 5.74) is 1.56. The van der Waals surface area contributed by atoms with E-state index in [1.54, 1.807) is 25.4 Å². The van der Waals surface area contributed by atoms with Crippen LogP contribution in [-0.4, -0.2) is 16.9 Å². The predicted molar refractivity (Wildman–Crippen MR) is 61.1 cm³/mol. The molecule has 0 amide bonds. The molecule has 82 valence electrons. The summed E-state index contributed by atoms with van der Waals surface area (Å²) >= 11 is 0. The second kappa shape index (κ2) is 4.18. The maximum absolute atomic E-state index is 11.6. The van der Waals surface area contributed by atoms with E-state index in [9.17, 15) is 4.79 Å². The fourth-order valence-electron chi connectivity index (χ4n) is 1.48. The van der Waals surface area contributed by atoms with Crippen molar-refractivity contribution in [1.82, 2.24) is 9.78 Å². The van der Waals surface area contributed by atoms with Crippen LogP contribution in [-0.2, 0) is 0 Å². The van der Waals surface area contributed by atoms with E-state index in [1.165, 1.54) is 10.7 Å². The van der Waals surface area contributed by atoms with Gasteiger partial charge in [0.05, 0.1) is 12.8 Å². The molecule has 1 heterocycles. The molecule has 1 aromatic carbocycles. The third-order valence-electron chi connectivity index (χ3n) is 2.36. The molecular formula is C12H12N2O2. The zero-order chi connectivity index (χ0) is 11.5. The van der Waals surface area contributed by atoms with Crippen LogP contribution < -0.4 is 10.3 Å². The molecule has 0 bridgehead atoms. The van der Waals surface area contributed by atoms with E-state index in [2.05, 4.69) is 5.10 Å². The van der Waals surface area contributed by atoms with Gasteiger partial charge in [-0.15, -0.1) is 0 Å². The molecular weight excluding hydrogens is 204 g/mol. The number of hydrogen-bond acceptors (Lipinski definition) is 3. The molecule has 0 aliphatic heterocycles. The number of aromatic nitrogens is 2. The zero-order valence-electron chi connectivity index (χ0n) is 9.18. The van der Waals surface area contributed by atoms with Crippen LogP contribution in [0.4, 0.5) is 0 Å². The molecule has 0 aliphatic rings. The average molecular weight is 216 g/mol. The van der Waals surface area contributed by atoms with Crippen molar-refractivity contribution in [1.29, 1.82) is 0 Å². The molecule has 0 unspecified atom stereocenters. The van der Waals surface area contributed by atoms with E-state index in [4.69, 9.17) is 4.74 Å². The standard InChI is InChI=1S/C12H12N2O2/c1-9-5-6-10(16-2)8-11(9)14-12(15)4-3-7-13-14/h3-8H,1-2H3. The number of rotatable bonds is 2. The topological polar surface area (TPSA) is 44.1 Å². The second-order valence-corrected chi connectivity index (χ2v) is 3.43. The summed E-state index contributed by atoms with van der Waals surface area (Å²) in [7, 11) is 1.59. The first-order valence-corrected chi connectivity index (χ1v) is 4.92. The number of benzene rings is 1. The minimum absolute atomic E-state index is 0.154. The quantitative estimate of drug-likeness (QED) is 0.765. The lowest BCUT2D eigenvalue weighted by Crippen LogP contribution is -2.19. The molecule has 16 heavy (non-hydrogen) atoms. The maximum atomic E-state index is 11.6. The number of aryl methyl sites for hydroxylation is 1. The molecule has 2 rings (SSSR count). The van der Waals surface area contributed by atoms with Gasteiger partial charge in [-0.2, -0.15) is 9.78 Å². The van der Waals surface area contributed by atoms with Crippen molar-refractivity contribution in [3.8, 4) is 11.4 Å². The summed E-state index contributed by atoms with van der Waals surface area (Å²) in [5, 5.41) is 4.03. The van der Waals surface area contributed by atoms with Gasteiger partial charge in [0.25, 0.3) is 5.56 Å². The number of ether oxygens (including phenoxy) is 1. The monoisotopic (exact) mass is 216 g/mol. The van der Waals surface area contributed by atoms with Crippen LogP contribution in [0.2, 0.25) is 0 Å². The summed E-state index contributed by atoms with van der Waals surface area (Å²) < 4.78 is 6.49. The van der Waals surface area contributed by atoms with Gasteiger partial charge in [0.1, 0.15) is 5.75 Å². The summed E-state index contributed by atoms with van der Waals surface area (Å²) in [6.07, 6.45) is 1.58. The molecule has 0 spiro atoms. The molecule has 0 aliphatic carbocycles. The van der Waals surface area contributed by atoms with Crippen molar-refractivity contribution >= 4 is 0 Å². The van der Waals surface area contributed by atoms with Crippen molar-refractivity contribution in [3.05, 3.63) is 52.4 Å². The Bertz CT molecular complexity index is 561. The summed E-state index contributed by atoms with van der Waals surface area (Å²) in [5.74, 6) is 0.707. The fraction of sp³-hybridized carbons (Fsp3) is 0.167. The van der Waals surface area contributed by atoms with Gasteiger partial charge < -0.3 is 4.74 Å². The molecule has 0 atom stereocenters. The normalized spacial score (nSPS) is 10.1. The largest absolute Gasteiger partial charge is 0.497 e. The highest BCUT2D eigenvalue weighted by molar-refractivity contribution is 5.45. The van der Waals surface area contributed by atoms with E-state index in [1.807, 2.05) is 19.1 Å². The van der Waals surface area contributed by atoms with Crippen molar-refractivity contribution in [2.75, 3.05) is 7.11 Å². The average Bonchev–Trinajstić information content (AvgIpc) is 2.31. The van der Waals surface area contributed by atoms with Crippen LogP contribution in [0.15, 0.2) is 41.3 Å². The van der Waals surface area contributed by atoms with E-state index < -0.39 is 0 Å². The fourth-order valence-corrected chi connectivity index (χ4v) is 1.48. The number of hydrogen-bond donors (Lipinski definition) is 0. The van der Waals surface area contributed by atoms with Crippen LogP contribution in [0.25, 0.3) is 5.69 Å². The highest BCUT2D eigenvalue weighted by atomic mass is 16.5. The SMILES string of the molecule is COc1ccc(C)c(-n2ncccc2=O)c1. The van der Waals surface area contributed by atoms with Crippen LogP contribution in [0, 0.1) is 6.92 Å². The Kier molecular flexibility index (Phi) is 2.72. The van der Waals surface area contributed by atoms with Gasteiger partial charge in [0.2, 0.25) is 0 Å². The highest BCUT2D eigenvalue weighted by Crippen LogP contribution is 2.18. The predicted octanol–water partition coefficient (Wildman–Crippen LogP) is 1.55. The molecule has 0 N–H and O–H groups in total. The Labute approximate surface area is 93.1 Å². The molecule has 0 fully saturated rings. The molecule has 0 saturated carbocycles. The van der Waals surface area contributed by atoms with E-state index in [0.29, 0.717) is 5.75 Å². The third kappa shape index (κ3) is 1.82. The number of methoxy groups -OCH3 is 1. The minimum Gasteiger partial charge on any atom is -0.497 e. The van der Waals surface area contributed by atoms with Gasteiger partial charge in [-0.25, -0.2) is 0 Å². The van der Waals surface area contributed by atoms with Gasteiger partial charge in [-0.05, 0) is 24.6 Å². The first-order chi connectivity index (χ1) is 7.72. The van der Waals surface area contributed by atoms with Gasteiger partial charge in [0.15, 0.2) is 0 Å². The first kappa shape index (κ1) is 10.4. The Balaban J connectivity index is 2.64. The summed E-state index contributed by atoms with van der Waals surface area (Å²) in [6, 6.07) is 8.64. The van der Waals surface area contributed by atoms with Crippen molar-refractivity contribution < 1.29 is 4.74 Å². The maximum Gasteiger partial charge on any atom is 0.271 e. The summed E-state index contributed by atoms with van der Waals surface area (Å²) in [6.45, 7) is 1.93. The minimum atomic E-state index is -0.154. The van der Waals surface area contributed by atoms with Crippen LogP contribution >= 0.6 is 0 Å². The molecule has 0 radical (unpaired) electrons.